The van der Waals surface area contributed by atoms with Crippen LogP contribution in [0, 0.1) is 13.8 Å². The summed E-state index contributed by atoms with van der Waals surface area (Å²) < 4.78 is 7.80. The second-order valence-corrected chi connectivity index (χ2v) is 8.16. The summed E-state index contributed by atoms with van der Waals surface area (Å²) in [5.41, 5.74) is 6.59. The van der Waals surface area contributed by atoms with E-state index in [1.54, 1.807) is 4.57 Å². The van der Waals surface area contributed by atoms with Gasteiger partial charge in [-0.15, -0.1) is 0 Å². The Bertz CT molecular complexity index is 1170. The summed E-state index contributed by atoms with van der Waals surface area (Å²) in [5, 5.41) is 0. The first-order valence-corrected chi connectivity index (χ1v) is 10.6. The van der Waals surface area contributed by atoms with E-state index in [9.17, 15) is 9.59 Å². The zero-order valence-electron chi connectivity index (χ0n) is 17.8. The van der Waals surface area contributed by atoms with Gasteiger partial charge in [0.2, 0.25) is 0 Å². The van der Waals surface area contributed by atoms with Crippen molar-refractivity contribution >= 4 is 0 Å². The van der Waals surface area contributed by atoms with E-state index in [1.165, 1.54) is 22.3 Å². The average molecular weight is 405 g/mol. The van der Waals surface area contributed by atoms with Crippen LogP contribution < -0.4 is 11.2 Å². The second kappa shape index (κ2) is 8.44. The number of H-pyrrole nitrogens is 1. The van der Waals surface area contributed by atoms with Crippen molar-refractivity contribution < 1.29 is 4.74 Å². The van der Waals surface area contributed by atoms with Gasteiger partial charge in [0.05, 0.1) is 6.10 Å². The van der Waals surface area contributed by atoms with E-state index in [4.69, 9.17) is 4.74 Å². The summed E-state index contributed by atoms with van der Waals surface area (Å²) in [4.78, 5) is 27.7. The van der Waals surface area contributed by atoms with Gasteiger partial charge in [0.25, 0.3) is 5.56 Å². The molecule has 4 rings (SSSR count). The van der Waals surface area contributed by atoms with Crippen LogP contribution in [0.2, 0.25) is 0 Å². The Labute approximate surface area is 176 Å². The molecule has 0 fully saturated rings. The van der Waals surface area contributed by atoms with Crippen LogP contribution in [-0.2, 0) is 30.7 Å². The van der Waals surface area contributed by atoms with Crippen LogP contribution >= 0.6 is 0 Å². The Kier molecular flexibility index (Phi) is 5.73. The lowest BCUT2D eigenvalue weighted by Crippen LogP contribution is -2.36. The van der Waals surface area contributed by atoms with Gasteiger partial charge in [0.15, 0.2) is 0 Å². The van der Waals surface area contributed by atoms with E-state index in [1.807, 2.05) is 19.1 Å². The van der Waals surface area contributed by atoms with E-state index in [2.05, 4.69) is 49.2 Å². The molecule has 5 heteroatoms. The highest BCUT2D eigenvalue weighted by Crippen LogP contribution is 2.33. The number of aryl methyl sites for hydroxylation is 3. The molecule has 0 aliphatic heterocycles. The number of fused-ring (bicyclic) bond motifs is 1. The SMILES string of the molecule is CCc1c(Cc2cc(C)cc(C)c2)n(COC2CCc3ccccc32)c(=O)[nH]c1=O. The summed E-state index contributed by atoms with van der Waals surface area (Å²) >= 11 is 0. The van der Waals surface area contributed by atoms with Gasteiger partial charge in [-0.2, -0.15) is 0 Å². The summed E-state index contributed by atoms with van der Waals surface area (Å²) in [5.74, 6) is 0. The number of rotatable bonds is 6. The Morgan fingerprint density at radius 3 is 2.57 bits per heavy atom. The zero-order chi connectivity index (χ0) is 21.3. The zero-order valence-corrected chi connectivity index (χ0v) is 17.8. The predicted molar refractivity (Wildman–Crippen MR) is 118 cm³/mol. The Morgan fingerprint density at radius 1 is 1.10 bits per heavy atom. The molecule has 1 unspecified atom stereocenters. The molecule has 1 aliphatic rings. The standard InChI is InChI=1S/C25H28N2O3/c1-4-20-22(14-18-12-16(2)11-17(3)13-18)27(25(29)26-24(20)28)15-30-23-10-9-19-7-5-6-8-21(19)23/h5-8,11-13,23H,4,9-10,14-15H2,1-3H3,(H,26,28,29). The van der Waals surface area contributed by atoms with Gasteiger partial charge in [0, 0.05) is 17.7 Å². The summed E-state index contributed by atoms with van der Waals surface area (Å²) in [6.45, 7) is 6.19. The fraction of sp³-hybridized carbons (Fsp3) is 0.360. The second-order valence-electron chi connectivity index (χ2n) is 8.16. The minimum absolute atomic E-state index is 0.0285. The highest BCUT2D eigenvalue weighted by molar-refractivity contribution is 5.34. The molecular formula is C25H28N2O3. The number of ether oxygens (including phenoxy) is 1. The lowest BCUT2D eigenvalue weighted by Gasteiger charge is -2.19. The van der Waals surface area contributed by atoms with Gasteiger partial charge in [-0.25, -0.2) is 4.79 Å². The molecule has 0 amide bonds. The van der Waals surface area contributed by atoms with Gasteiger partial charge in [-0.1, -0.05) is 60.5 Å². The lowest BCUT2D eigenvalue weighted by molar-refractivity contribution is 0.00314. The van der Waals surface area contributed by atoms with Gasteiger partial charge in [-0.3, -0.25) is 14.3 Å². The van der Waals surface area contributed by atoms with Crippen molar-refractivity contribution in [3.05, 3.63) is 102 Å². The van der Waals surface area contributed by atoms with Crippen molar-refractivity contribution in [1.82, 2.24) is 9.55 Å². The molecule has 30 heavy (non-hydrogen) atoms. The molecule has 0 saturated heterocycles. The molecule has 0 radical (unpaired) electrons. The van der Waals surface area contributed by atoms with Crippen molar-refractivity contribution in [1.29, 1.82) is 0 Å². The molecule has 1 heterocycles. The average Bonchev–Trinajstić information content (AvgIpc) is 3.10. The van der Waals surface area contributed by atoms with Gasteiger partial charge >= 0.3 is 5.69 Å². The summed E-state index contributed by atoms with van der Waals surface area (Å²) in [6, 6.07) is 14.6. The van der Waals surface area contributed by atoms with E-state index < -0.39 is 5.69 Å². The molecular weight excluding hydrogens is 376 g/mol. The molecule has 0 saturated carbocycles. The third kappa shape index (κ3) is 4.03. The van der Waals surface area contributed by atoms with Crippen molar-refractivity contribution in [2.24, 2.45) is 0 Å². The minimum atomic E-state index is -0.414. The number of aromatic nitrogens is 2. The number of hydrogen-bond acceptors (Lipinski definition) is 3. The highest BCUT2D eigenvalue weighted by Gasteiger charge is 2.23. The van der Waals surface area contributed by atoms with E-state index in [0.717, 1.165) is 24.1 Å². The maximum absolute atomic E-state index is 12.7. The summed E-state index contributed by atoms with van der Waals surface area (Å²) in [6.07, 6.45) is 2.94. The third-order valence-corrected chi connectivity index (χ3v) is 5.90. The largest absolute Gasteiger partial charge is 0.353 e. The maximum atomic E-state index is 12.7. The van der Waals surface area contributed by atoms with Crippen LogP contribution in [0.3, 0.4) is 0 Å². The van der Waals surface area contributed by atoms with Crippen LogP contribution in [0.1, 0.15) is 58.5 Å². The number of benzene rings is 2. The monoisotopic (exact) mass is 404 g/mol. The van der Waals surface area contributed by atoms with Gasteiger partial charge < -0.3 is 4.74 Å². The van der Waals surface area contributed by atoms with E-state index in [-0.39, 0.29) is 18.4 Å². The molecule has 1 atom stereocenters. The lowest BCUT2D eigenvalue weighted by atomic mass is 10.0. The van der Waals surface area contributed by atoms with Gasteiger partial charge in [0.1, 0.15) is 6.73 Å². The number of nitrogens with one attached hydrogen (secondary N) is 1. The highest BCUT2D eigenvalue weighted by atomic mass is 16.5. The van der Waals surface area contributed by atoms with Crippen LogP contribution in [-0.4, -0.2) is 9.55 Å². The third-order valence-electron chi connectivity index (χ3n) is 5.90. The first-order valence-electron chi connectivity index (χ1n) is 10.6. The fourth-order valence-electron chi connectivity index (χ4n) is 4.58. The quantitative estimate of drug-likeness (QED) is 0.676. The van der Waals surface area contributed by atoms with Crippen molar-refractivity contribution in [2.45, 2.75) is 59.3 Å². The van der Waals surface area contributed by atoms with Crippen molar-refractivity contribution in [3.63, 3.8) is 0 Å². The van der Waals surface area contributed by atoms with Crippen LogP contribution in [0.4, 0.5) is 0 Å². The van der Waals surface area contributed by atoms with Crippen LogP contribution in [0.25, 0.3) is 0 Å². The number of aromatic amines is 1. The predicted octanol–water partition coefficient (Wildman–Crippen LogP) is 3.97. The molecule has 0 spiro atoms. The molecule has 5 nitrogen and oxygen atoms in total. The maximum Gasteiger partial charge on any atom is 0.330 e. The van der Waals surface area contributed by atoms with Crippen LogP contribution in [0.15, 0.2) is 52.1 Å². The molecule has 2 aromatic carbocycles. The first-order chi connectivity index (χ1) is 14.5. The fourth-order valence-corrected chi connectivity index (χ4v) is 4.58. The summed E-state index contributed by atoms with van der Waals surface area (Å²) in [7, 11) is 0. The van der Waals surface area contributed by atoms with Crippen LogP contribution in [0.5, 0.6) is 0 Å². The molecule has 1 aliphatic carbocycles. The normalized spacial score (nSPS) is 15.4. The Balaban J connectivity index is 1.69. The first kappa shape index (κ1) is 20.4. The van der Waals surface area contributed by atoms with Crippen molar-refractivity contribution in [2.75, 3.05) is 0 Å². The van der Waals surface area contributed by atoms with Gasteiger partial charge in [-0.05, 0) is 49.8 Å². The molecule has 0 bridgehead atoms. The molecule has 156 valence electrons. The number of nitrogens with zero attached hydrogens (tertiary/aromatic N) is 1. The smallest absolute Gasteiger partial charge is 0.330 e. The molecule has 1 aromatic heterocycles. The topological polar surface area (TPSA) is 64.1 Å². The molecule has 3 aromatic rings. The Morgan fingerprint density at radius 2 is 1.83 bits per heavy atom. The number of hydrogen-bond donors (Lipinski definition) is 1. The van der Waals surface area contributed by atoms with E-state index in [0.29, 0.717) is 18.4 Å². The Hall–Kier alpha value is -2.92. The van der Waals surface area contributed by atoms with Crippen molar-refractivity contribution in [3.8, 4) is 0 Å². The minimum Gasteiger partial charge on any atom is -0.353 e. The van der Waals surface area contributed by atoms with E-state index >= 15 is 0 Å². The molecule has 1 N–H and O–H groups in total.